The van der Waals surface area contributed by atoms with Gasteiger partial charge in [0.2, 0.25) is 0 Å². The van der Waals surface area contributed by atoms with Gasteiger partial charge in [-0.3, -0.25) is 0 Å². The van der Waals surface area contributed by atoms with Crippen molar-refractivity contribution in [1.82, 2.24) is 4.90 Å². The zero-order valence-electron chi connectivity index (χ0n) is 11.5. The van der Waals surface area contributed by atoms with E-state index in [2.05, 4.69) is 0 Å². The van der Waals surface area contributed by atoms with Crippen molar-refractivity contribution < 1.29 is 14.3 Å². The number of amides is 1. The van der Waals surface area contributed by atoms with Gasteiger partial charge in [-0.1, -0.05) is 0 Å². The van der Waals surface area contributed by atoms with Crippen LogP contribution in [0.1, 0.15) is 27.2 Å². The van der Waals surface area contributed by atoms with Crippen LogP contribution in [-0.2, 0) is 9.47 Å². The van der Waals surface area contributed by atoms with E-state index < -0.39 is 5.60 Å². The number of hydrogen-bond donors (Lipinski definition) is 1. The summed E-state index contributed by atoms with van der Waals surface area (Å²) in [5.74, 6) is 0.925. The van der Waals surface area contributed by atoms with Crippen LogP contribution >= 0.6 is 0 Å². The van der Waals surface area contributed by atoms with Gasteiger partial charge in [0, 0.05) is 25.6 Å². The zero-order valence-corrected chi connectivity index (χ0v) is 11.5. The Bertz CT molecular complexity index is 314. The highest BCUT2D eigenvalue weighted by molar-refractivity contribution is 5.68. The molecule has 2 fully saturated rings. The molecule has 2 aliphatic rings. The molecule has 1 amide bonds. The molecule has 0 bridgehead atoms. The van der Waals surface area contributed by atoms with Crippen LogP contribution in [0, 0.1) is 11.8 Å². The summed E-state index contributed by atoms with van der Waals surface area (Å²) < 4.78 is 11.1. The molecule has 3 unspecified atom stereocenters. The lowest BCUT2D eigenvalue weighted by atomic mass is 9.84. The van der Waals surface area contributed by atoms with Crippen molar-refractivity contribution in [2.45, 2.75) is 38.9 Å². The van der Waals surface area contributed by atoms with E-state index in [1.807, 2.05) is 20.8 Å². The largest absolute Gasteiger partial charge is 0.444 e. The van der Waals surface area contributed by atoms with Gasteiger partial charge in [0.1, 0.15) is 5.60 Å². The molecular weight excluding hydrogens is 232 g/mol. The molecule has 18 heavy (non-hydrogen) atoms. The summed E-state index contributed by atoms with van der Waals surface area (Å²) in [6, 6.07) is 0. The molecule has 0 aromatic rings. The van der Waals surface area contributed by atoms with Gasteiger partial charge in [-0.15, -0.1) is 0 Å². The Labute approximate surface area is 109 Å². The Balaban J connectivity index is 1.90. The Kier molecular flexibility index (Phi) is 3.82. The number of nitrogens with two attached hydrogens (primary N) is 1. The quantitative estimate of drug-likeness (QED) is 0.766. The molecule has 104 valence electrons. The third-order valence-corrected chi connectivity index (χ3v) is 3.68. The molecule has 0 aromatic heterocycles. The van der Waals surface area contributed by atoms with Crippen LogP contribution in [0.4, 0.5) is 4.79 Å². The van der Waals surface area contributed by atoms with E-state index in [0.29, 0.717) is 25.0 Å². The summed E-state index contributed by atoms with van der Waals surface area (Å²) in [5.41, 5.74) is 5.26. The molecule has 0 spiro atoms. The Hall–Kier alpha value is -0.810. The molecule has 0 aromatic carbocycles. The maximum absolute atomic E-state index is 12.0. The number of carbonyl (C=O) groups is 1. The molecule has 0 aliphatic carbocycles. The number of rotatable bonds is 1. The van der Waals surface area contributed by atoms with E-state index in [-0.39, 0.29) is 12.2 Å². The first-order valence-electron chi connectivity index (χ1n) is 6.70. The number of fused-ring (bicyclic) bond motifs is 1. The molecule has 2 saturated heterocycles. The van der Waals surface area contributed by atoms with Crippen molar-refractivity contribution in [3.05, 3.63) is 0 Å². The van der Waals surface area contributed by atoms with Crippen molar-refractivity contribution in [2.75, 3.05) is 26.2 Å². The number of ether oxygens (including phenoxy) is 2. The topological polar surface area (TPSA) is 64.8 Å². The summed E-state index contributed by atoms with van der Waals surface area (Å²) in [4.78, 5) is 13.8. The number of likely N-dealkylation sites (tertiary alicyclic amines) is 1. The Morgan fingerprint density at radius 2 is 2.22 bits per heavy atom. The maximum atomic E-state index is 12.0. The minimum Gasteiger partial charge on any atom is -0.444 e. The molecule has 2 aliphatic heterocycles. The highest BCUT2D eigenvalue weighted by atomic mass is 16.6. The summed E-state index contributed by atoms with van der Waals surface area (Å²) in [6.07, 6.45) is 0.930. The normalized spacial score (nSPS) is 32.2. The van der Waals surface area contributed by atoms with E-state index in [0.717, 1.165) is 19.5 Å². The molecule has 5 heteroatoms. The van der Waals surface area contributed by atoms with Crippen molar-refractivity contribution in [3.63, 3.8) is 0 Å². The highest BCUT2D eigenvalue weighted by Gasteiger charge is 2.41. The number of hydrogen-bond acceptors (Lipinski definition) is 4. The van der Waals surface area contributed by atoms with E-state index in [4.69, 9.17) is 15.2 Å². The van der Waals surface area contributed by atoms with Crippen molar-refractivity contribution in [1.29, 1.82) is 0 Å². The van der Waals surface area contributed by atoms with E-state index in [1.54, 1.807) is 4.90 Å². The van der Waals surface area contributed by atoms with Gasteiger partial charge in [0.25, 0.3) is 0 Å². The van der Waals surface area contributed by atoms with Gasteiger partial charge in [-0.2, -0.15) is 0 Å². The number of piperidine rings is 1. The SMILES string of the molecule is CC(C)(C)OC(=O)N1CCC2C(COC2CN)C1. The average molecular weight is 256 g/mol. The van der Waals surface area contributed by atoms with Gasteiger partial charge >= 0.3 is 6.09 Å². The van der Waals surface area contributed by atoms with Gasteiger partial charge < -0.3 is 20.1 Å². The molecule has 0 radical (unpaired) electrons. The third kappa shape index (κ3) is 2.95. The second-order valence-electron chi connectivity index (χ2n) is 6.25. The second kappa shape index (κ2) is 5.05. The smallest absolute Gasteiger partial charge is 0.410 e. The lowest BCUT2D eigenvalue weighted by molar-refractivity contribution is 0.0127. The predicted molar refractivity (Wildman–Crippen MR) is 68.2 cm³/mol. The first kappa shape index (κ1) is 13.6. The molecule has 5 nitrogen and oxygen atoms in total. The van der Waals surface area contributed by atoms with Crippen LogP contribution in [0.5, 0.6) is 0 Å². The fourth-order valence-electron chi connectivity index (χ4n) is 2.82. The molecular formula is C13H24N2O3. The van der Waals surface area contributed by atoms with Crippen LogP contribution < -0.4 is 5.73 Å². The minimum atomic E-state index is -0.431. The monoisotopic (exact) mass is 256 g/mol. The summed E-state index contributed by atoms with van der Waals surface area (Å²) >= 11 is 0. The standard InChI is InChI=1S/C13H24N2O3/c1-13(2,3)18-12(16)15-5-4-10-9(7-15)8-17-11(10)6-14/h9-11H,4-8,14H2,1-3H3. The number of nitrogens with zero attached hydrogens (tertiary/aromatic N) is 1. The zero-order chi connectivity index (χ0) is 13.3. The summed E-state index contributed by atoms with van der Waals surface area (Å²) in [5, 5.41) is 0. The van der Waals surface area contributed by atoms with Crippen LogP contribution in [0.15, 0.2) is 0 Å². The lowest BCUT2D eigenvalue weighted by Crippen LogP contribution is -2.47. The minimum absolute atomic E-state index is 0.177. The van der Waals surface area contributed by atoms with E-state index in [9.17, 15) is 4.79 Å². The second-order valence-corrected chi connectivity index (χ2v) is 6.25. The van der Waals surface area contributed by atoms with Gasteiger partial charge in [0.05, 0.1) is 12.7 Å². The Morgan fingerprint density at radius 3 is 2.83 bits per heavy atom. The van der Waals surface area contributed by atoms with Crippen LogP contribution in [0.25, 0.3) is 0 Å². The highest BCUT2D eigenvalue weighted by Crippen LogP contribution is 2.34. The Morgan fingerprint density at radius 1 is 1.50 bits per heavy atom. The fraction of sp³-hybridized carbons (Fsp3) is 0.923. The third-order valence-electron chi connectivity index (χ3n) is 3.68. The molecule has 3 atom stereocenters. The average Bonchev–Trinajstić information content (AvgIpc) is 2.68. The molecule has 2 rings (SSSR count). The first-order chi connectivity index (χ1) is 8.40. The molecule has 0 saturated carbocycles. The van der Waals surface area contributed by atoms with Crippen LogP contribution in [0.3, 0.4) is 0 Å². The number of carbonyl (C=O) groups excluding carboxylic acids is 1. The fourth-order valence-corrected chi connectivity index (χ4v) is 2.82. The van der Waals surface area contributed by atoms with Gasteiger partial charge in [-0.05, 0) is 33.1 Å². The van der Waals surface area contributed by atoms with Crippen molar-refractivity contribution in [3.8, 4) is 0 Å². The van der Waals surface area contributed by atoms with Crippen LogP contribution in [0.2, 0.25) is 0 Å². The lowest BCUT2D eigenvalue weighted by Gasteiger charge is -2.36. The van der Waals surface area contributed by atoms with E-state index >= 15 is 0 Å². The van der Waals surface area contributed by atoms with Gasteiger partial charge in [0.15, 0.2) is 0 Å². The molecule has 2 heterocycles. The maximum Gasteiger partial charge on any atom is 0.410 e. The van der Waals surface area contributed by atoms with Crippen molar-refractivity contribution in [2.24, 2.45) is 17.6 Å². The predicted octanol–water partition coefficient (Wildman–Crippen LogP) is 1.22. The van der Waals surface area contributed by atoms with Crippen LogP contribution in [-0.4, -0.2) is 48.9 Å². The molecule has 2 N–H and O–H groups in total. The van der Waals surface area contributed by atoms with E-state index in [1.165, 1.54) is 0 Å². The first-order valence-corrected chi connectivity index (χ1v) is 6.70. The summed E-state index contributed by atoms with van der Waals surface area (Å²) in [7, 11) is 0. The van der Waals surface area contributed by atoms with Gasteiger partial charge in [-0.25, -0.2) is 4.79 Å². The van der Waals surface area contributed by atoms with Crippen molar-refractivity contribution >= 4 is 6.09 Å². The summed E-state index contributed by atoms with van der Waals surface area (Å²) in [6.45, 7) is 8.44.